The van der Waals surface area contributed by atoms with E-state index in [1.165, 1.54) is 0 Å². The number of hydrogen-bond acceptors (Lipinski definition) is 3. The summed E-state index contributed by atoms with van der Waals surface area (Å²) in [5.41, 5.74) is 5.62. The van der Waals surface area contributed by atoms with Crippen LogP contribution < -0.4 is 10.2 Å². The van der Waals surface area contributed by atoms with E-state index >= 15 is 0 Å². The minimum atomic E-state index is -0.239. The molecule has 1 amide bonds. The first kappa shape index (κ1) is 15.2. The first-order valence-corrected chi connectivity index (χ1v) is 6.55. The highest BCUT2D eigenvalue weighted by Gasteiger charge is 2.05. The minimum Gasteiger partial charge on any atom is -0.483 e. The second kappa shape index (κ2) is 7.56. The van der Waals surface area contributed by atoms with Crippen molar-refractivity contribution < 1.29 is 9.53 Å². The average molecular weight is 262 g/mol. The van der Waals surface area contributed by atoms with Crippen LogP contribution in [0.2, 0.25) is 0 Å². The molecule has 1 rings (SSSR count). The van der Waals surface area contributed by atoms with Crippen molar-refractivity contribution in [2.24, 2.45) is 5.10 Å². The topological polar surface area (TPSA) is 50.7 Å². The second-order valence-corrected chi connectivity index (χ2v) is 4.62. The van der Waals surface area contributed by atoms with Gasteiger partial charge in [0, 0.05) is 5.71 Å². The molecule has 0 aliphatic rings. The molecule has 4 nitrogen and oxygen atoms in total. The van der Waals surface area contributed by atoms with E-state index in [1.807, 2.05) is 39.0 Å². The Hall–Kier alpha value is -1.84. The average Bonchev–Trinajstić information content (AvgIpc) is 2.38. The summed E-state index contributed by atoms with van der Waals surface area (Å²) in [6.45, 7) is 7.94. The number of nitrogens with one attached hydrogen (secondary N) is 1. The summed E-state index contributed by atoms with van der Waals surface area (Å²) < 4.78 is 5.49. The van der Waals surface area contributed by atoms with E-state index < -0.39 is 0 Å². The first-order valence-electron chi connectivity index (χ1n) is 6.55. The van der Waals surface area contributed by atoms with E-state index in [9.17, 15) is 4.79 Å². The summed E-state index contributed by atoms with van der Waals surface area (Å²) in [6, 6.07) is 5.79. The highest BCUT2D eigenvalue weighted by Crippen LogP contribution is 2.20. The lowest BCUT2D eigenvalue weighted by Gasteiger charge is -2.10. The van der Waals surface area contributed by atoms with E-state index in [1.54, 1.807) is 0 Å². The van der Waals surface area contributed by atoms with Crippen molar-refractivity contribution in [3.63, 3.8) is 0 Å². The molecular formula is C15H22N2O2. The van der Waals surface area contributed by atoms with Crippen LogP contribution in [0, 0.1) is 13.8 Å². The van der Waals surface area contributed by atoms with Gasteiger partial charge in [0.25, 0.3) is 5.91 Å². The number of hydrogen-bond donors (Lipinski definition) is 1. The molecule has 0 fully saturated rings. The van der Waals surface area contributed by atoms with Gasteiger partial charge in [0.05, 0.1) is 0 Å². The quantitative estimate of drug-likeness (QED) is 0.633. The maximum Gasteiger partial charge on any atom is 0.277 e. The molecule has 0 atom stereocenters. The largest absolute Gasteiger partial charge is 0.483 e. The van der Waals surface area contributed by atoms with Gasteiger partial charge in [-0.25, -0.2) is 5.43 Å². The van der Waals surface area contributed by atoms with Crippen molar-refractivity contribution in [3.05, 3.63) is 29.3 Å². The molecule has 0 bridgehead atoms. The number of ether oxygens (including phenoxy) is 1. The zero-order valence-corrected chi connectivity index (χ0v) is 12.1. The molecule has 0 saturated heterocycles. The van der Waals surface area contributed by atoms with Crippen molar-refractivity contribution >= 4 is 11.6 Å². The zero-order valence-electron chi connectivity index (χ0n) is 12.1. The smallest absolute Gasteiger partial charge is 0.277 e. The fraction of sp³-hybridized carbons (Fsp3) is 0.467. The molecule has 0 heterocycles. The van der Waals surface area contributed by atoms with Gasteiger partial charge in [0.2, 0.25) is 0 Å². The maximum absolute atomic E-state index is 11.6. The van der Waals surface area contributed by atoms with Crippen LogP contribution in [0.3, 0.4) is 0 Å². The van der Waals surface area contributed by atoms with Crippen LogP contribution >= 0.6 is 0 Å². The normalized spacial score (nSPS) is 11.3. The van der Waals surface area contributed by atoms with E-state index in [0.29, 0.717) is 0 Å². The summed E-state index contributed by atoms with van der Waals surface area (Å²) in [6.07, 6.45) is 1.91. The van der Waals surface area contributed by atoms with Gasteiger partial charge in [-0.15, -0.1) is 0 Å². The third-order valence-electron chi connectivity index (χ3n) is 2.90. The van der Waals surface area contributed by atoms with E-state index in [4.69, 9.17) is 4.74 Å². The summed E-state index contributed by atoms with van der Waals surface area (Å²) in [5.74, 6) is 0.501. The van der Waals surface area contributed by atoms with Gasteiger partial charge >= 0.3 is 0 Å². The standard InChI is InChI=1S/C15H22N2O2/c1-5-7-12(3)16-17-15(18)10-19-14-9-6-8-11(2)13(14)4/h6,8-9H,5,7,10H2,1-4H3,(H,17,18)/b16-12+. The molecule has 1 aromatic rings. The number of carbonyl (C=O) groups is 1. The van der Waals surface area contributed by atoms with Crippen molar-refractivity contribution in [2.45, 2.75) is 40.5 Å². The van der Waals surface area contributed by atoms with Crippen molar-refractivity contribution in [1.82, 2.24) is 5.43 Å². The Morgan fingerprint density at radius 1 is 1.37 bits per heavy atom. The van der Waals surface area contributed by atoms with Gasteiger partial charge in [-0.05, 0) is 44.4 Å². The number of carbonyl (C=O) groups excluding carboxylic acids is 1. The molecule has 1 N–H and O–H groups in total. The minimum absolute atomic E-state index is 0.0206. The maximum atomic E-state index is 11.6. The number of rotatable bonds is 6. The molecule has 0 aliphatic heterocycles. The molecule has 19 heavy (non-hydrogen) atoms. The monoisotopic (exact) mass is 262 g/mol. The van der Waals surface area contributed by atoms with Crippen molar-refractivity contribution in [2.75, 3.05) is 6.61 Å². The highest BCUT2D eigenvalue weighted by molar-refractivity contribution is 5.84. The van der Waals surface area contributed by atoms with Crippen LogP contribution in [0.1, 0.15) is 37.8 Å². The molecule has 0 spiro atoms. The van der Waals surface area contributed by atoms with Gasteiger partial charge in [-0.1, -0.05) is 25.5 Å². The zero-order chi connectivity index (χ0) is 14.3. The predicted octanol–water partition coefficient (Wildman–Crippen LogP) is 2.97. The van der Waals surface area contributed by atoms with Crippen LogP contribution in [0.25, 0.3) is 0 Å². The highest BCUT2D eigenvalue weighted by atomic mass is 16.5. The Labute approximate surface area is 114 Å². The Balaban J connectivity index is 2.46. The van der Waals surface area contributed by atoms with Crippen LogP contribution in [0.15, 0.2) is 23.3 Å². The first-order chi connectivity index (χ1) is 9.04. The van der Waals surface area contributed by atoms with E-state index in [-0.39, 0.29) is 12.5 Å². The number of nitrogens with zero attached hydrogens (tertiary/aromatic N) is 1. The molecule has 4 heteroatoms. The van der Waals surface area contributed by atoms with Crippen molar-refractivity contribution in [1.29, 1.82) is 0 Å². The third kappa shape index (κ3) is 5.12. The summed E-state index contributed by atoms with van der Waals surface area (Å²) >= 11 is 0. The van der Waals surface area contributed by atoms with Gasteiger partial charge in [-0.3, -0.25) is 4.79 Å². The lowest BCUT2D eigenvalue weighted by atomic mass is 10.1. The Morgan fingerprint density at radius 3 is 2.79 bits per heavy atom. The molecular weight excluding hydrogens is 240 g/mol. The predicted molar refractivity (Wildman–Crippen MR) is 77.6 cm³/mol. The van der Waals surface area contributed by atoms with Gasteiger partial charge in [0.15, 0.2) is 6.61 Å². The molecule has 0 aromatic heterocycles. The van der Waals surface area contributed by atoms with E-state index in [0.717, 1.165) is 35.4 Å². The molecule has 0 saturated carbocycles. The van der Waals surface area contributed by atoms with Crippen LogP contribution in [-0.4, -0.2) is 18.2 Å². The molecule has 0 radical (unpaired) electrons. The summed E-state index contributed by atoms with van der Waals surface area (Å²) in [4.78, 5) is 11.6. The van der Waals surface area contributed by atoms with E-state index in [2.05, 4.69) is 17.5 Å². The number of benzene rings is 1. The summed E-state index contributed by atoms with van der Waals surface area (Å²) in [5, 5.41) is 4.00. The second-order valence-electron chi connectivity index (χ2n) is 4.62. The fourth-order valence-electron chi connectivity index (χ4n) is 1.63. The number of aryl methyl sites for hydroxylation is 1. The van der Waals surface area contributed by atoms with Crippen LogP contribution in [0.5, 0.6) is 5.75 Å². The van der Waals surface area contributed by atoms with Gasteiger partial charge < -0.3 is 4.74 Å². The SMILES string of the molecule is CCC/C(C)=N/NC(=O)COc1cccc(C)c1C. The third-order valence-corrected chi connectivity index (χ3v) is 2.90. The van der Waals surface area contributed by atoms with Crippen LogP contribution in [-0.2, 0) is 4.79 Å². The van der Waals surface area contributed by atoms with Crippen molar-refractivity contribution in [3.8, 4) is 5.75 Å². The Bertz CT molecular complexity index is 467. The number of hydrazone groups is 1. The molecule has 1 aromatic carbocycles. The molecule has 0 aliphatic carbocycles. The van der Waals surface area contributed by atoms with Crippen LogP contribution in [0.4, 0.5) is 0 Å². The molecule has 0 unspecified atom stereocenters. The van der Waals surface area contributed by atoms with Gasteiger partial charge in [-0.2, -0.15) is 5.10 Å². The fourth-order valence-corrected chi connectivity index (χ4v) is 1.63. The Morgan fingerprint density at radius 2 is 2.11 bits per heavy atom. The lowest BCUT2D eigenvalue weighted by molar-refractivity contribution is -0.123. The lowest BCUT2D eigenvalue weighted by Crippen LogP contribution is -2.25. The Kier molecular flexibility index (Phi) is 6.06. The van der Waals surface area contributed by atoms with Gasteiger partial charge in [0.1, 0.15) is 5.75 Å². The molecule has 104 valence electrons. The number of amides is 1. The summed E-state index contributed by atoms with van der Waals surface area (Å²) in [7, 11) is 0.